The van der Waals surface area contributed by atoms with Gasteiger partial charge in [0.2, 0.25) is 18.0 Å². The Morgan fingerprint density at radius 3 is 2.48 bits per heavy atom. The Bertz CT molecular complexity index is 820. The standard InChI is InChI=1S/C18H17ClN2O4/c1-11(22)21-18(15-10-14(23-2)8-9-16(15)24-3)25-17(20-21)12-4-6-13(19)7-5-12/h4-10,18H,1-3H3/t18-/m0/s1. The van der Waals surface area contributed by atoms with Crippen LogP contribution in [0.25, 0.3) is 0 Å². The lowest BCUT2D eigenvalue weighted by Gasteiger charge is -2.21. The van der Waals surface area contributed by atoms with E-state index in [0.29, 0.717) is 28.0 Å². The van der Waals surface area contributed by atoms with Crippen LogP contribution in [0.4, 0.5) is 0 Å². The molecule has 0 aromatic heterocycles. The number of rotatable bonds is 4. The molecule has 0 radical (unpaired) electrons. The van der Waals surface area contributed by atoms with Gasteiger partial charge in [0.1, 0.15) is 11.5 Å². The van der Waals surface area contributed by atoms with Crippen molar-refractivity contribution in [3.8, 4) is 11.5 Å². The van der Waals surface area contributed by atoms with E-state index in [1.54, 1.807) is 56.7 Å². The molecule has 0 unspecified atom stereocenters. The first-order chi connectivity index (χ1) is 12.0. The summed E-state index contributed by atoms with van der Waals surface area (Å²) in [6.45, 7) is 1.43. The highest BCUT2D eigenvalue weighted by molar-refractivity contribution is 6.30. The van der Waals surface area contributed by atoms with E-state index >= 15 is 0 Å². The predicted octanol–water partition coefficient (Wildman–Crippen LogP) is 3.60. The van der Waals surface area contributed by atoms with Crippen LogP contribution in [-0.2, 0) is 9.53 Å². The van der Waals surface area contributed by atoms with Crippen LogP contribution in [0.1, 0.15) is 24.3 Å². The van der Waals surface area contributed by atoms with Crippen molar-refractivity contribution < 1.29 is 19.0 Å². The zero-order valence-electron chi connectivity index (χ0n) is 14.0. The maximum absolute atomic E-state index is 12.1. The number of hydrazone groups is 1. The Morgan fingerprint density at radius 1 is 1.16 bits per heavy atom. The molecule has 2 aromatic rings. The fourth-order valence-electron chi connectivity index (χ4n) is 2.51. The fraction of sp³-hybridized carbons (Fsp3) is 0.222. The summed E-state index contributed by atoms with van der Waals surface area (Å²) >= 11 is 5.92. The molecule has 0 N–H and O–H groups in total. The smallest absolute Gasteiger partial charge is 0.243 e. The SMILES string of the molecule is COc1ccc(OC)c([C@@H]2OC(c3ccc(Cl)cc3)=NN2C(C)=O)c1. The first kappa shape index (κ1) is 17.1. The molecule has 2 aromatic carbocycles. The van der Waals surface area contributed by atoms with E-state index in [1.165, 1.54) is 11.9 Å². The second-order valence-corrected chi connectivity index (χ2v) is 5.79. The van der Waals surface area contributed by atoms with E-state index in [9.17, 15) is 4.79 Å². The van der Waals surface area contributed by atoms with E-state index in [0.717, 1.165) is 5.56 Å². The maximum atomic E-state index is 12.1. The van der Waals surface area contributed by atoms with Gasteiger partial charge in [-0.3, -0.25) is 4.79 Å². The monoisotopic (exact) mass is 360 g/mol. The number of methoxy groups -OCH3 is 2. The van der Waals surface area contributed by atoms with Gasteiger partial charge in [-0.25, -0.2) is 0 Å². The van der Waals surface area contributed by atoms with Gasteiger partial charge < -0.3 is 14.2 Å². The van der Waals surface area contributed by atoms with Crippen LogP contribution in [0, 0.1) is 0 Å². The third kappa shape index (κ3) is 3.39. The van der Waals surface area contributed by atoms with Gasteiger partial charge in [-0.05, 0) is 42.5 Å². The fourth-order valence-corrected chi connectivity index (χ4v) is 2.64. The Hall–Kier alpha value is -2.73. The number of ether oxygens (including phenoxy) is 3. The third-order valence-corrected chi connectivity index (χ3v) is 4.01. The number of amides is 1. The summed E-state index contributed by atoms with van der Waals surface area (Å²) in [4.78, 5) is 12.1. The topological polar surface area (TPSA) is 60.4 Å². The molecule has 3 rings (SSSR count). The number of hydrogen-bond acceptors (Lipinski definition) is 5. The molecule has 130 valence electrons. The number of benzene rings is 2. The molecule has 0 spiro atoms. The minimum atomic E-state index is -0.742. The van der Waals surface area contributed by atoms with Gasteiger partial charge in [-0.1, -0.05) is 11.6 Å². The lowest BCUT2D eigenvalue weighted by molar-refractivity contribution is -0.135. The lowest BCUT2D eigenvalue weighted by atomic mass is 10.1. The molecule has 7 heteroatoms. The number of carbonyl (C=O) groups is 1. The molecular weight excluding hydrogens is 344 g/mol. The van der Waals surface area contributed by atoms with Crippen molar-refractivity contribution in [2.24, 2.45) is 5.10 Å². The summed E-state index contributed by atoms with van der Waals surface area (Å²) in [6, 6.07) is 12.3. The van der Waals surface area contributed by atoms with Gasteiger partial charge in [-0.2, -0.15) is 5.01 Å². The van der Waals surface area contributed by atoms with Crippen LogP contribution in [0.2, 0.25) is 5.02 Å². The van der Waals surface area contributed by atoms with Crippen LogP contribution in [0.15, 0.2) is 47.6 Å². The lowest BCUT2D eigenvalue weighted by Crippen LogP contribution is -2.25. The molecule has 0 bridgehead atoms. The minimum absolute atomic E-state index is 0.251. The number of carbonyl (C=O) groups excluding carboxylic acids is 1. The third-order valence-electron chi connectivity index (χ3n) is 3.76. The van der Waals surface area contributed by atoms with Crippen molar-refractivity contribution in [2.45, 2.75) is 13.2 Å². The first-order valence-electron chi connectivity index (χ1n) is 7.56. The molecule has 1 atom stereocenters. The summed E-state index contributed by atoms with van der Waals surface area (Å²) in [5.41, 5.74) is 1.37. The van der Waals surface area contributed by atoms with Gasteiger partial charge >= 0.3 is 0 Å². The molecule has 6 nitrogen and oxygen atoms in total. The first-order valence-corrected chi connectivity index (χ1v) is 7.94. The van der Waals surface area contributed by atoms with Crippen molar-refractivity contribution in [3.63, 3.8) is 0 Å². The van der Waals surface area contributed by atoms with E-state index < -0.39 is 6.23 Å². The quantitative estimate of drug-likeness (QED) is 0.835. The van der Waals surface area contributed by atoms with Gasteiger partial charge in [0.25, 0.3) is 0 Å². The Kier molecular flexibility index (Phi) is 4.81. The molecule has 0 saturated heterocycles. The van der Waals surface area contributed by atoms with E-state index in [-0.39, 0.29) is 5.91 Å². The van der Waals surface area contributed by atoms with Crippen LogP contribution >= 0.6 is 11.6 Å². The highest BCUT2D eigenvalue weighted by Crippen LogP contribution is 2.37. The van der Waals surface area contributed by atoms with Gasteiger partial charge in [0.15, 0.2) is 0 Å². The van der Waals surface area contributed by atoms with Crippen molar-refractivity contribution >= 4 is 23.4 Å². The zero-order valence-corrected chi connectivity index (χ0v) is 14.8. The minimum Gasteiger partial charge on any atom is -0.497 e. The van der Waals surface area contributed by atoms with Crippen molar-refractivity contribution in [2.75, 3.05) is 14.2 Å². The van der Waals surface area contributed by atoms with E-state index in [4.69, 9.17) is 25.8 Å². The summed E-state index contributed by atoms with van der Waals surface area (Å²) in [5, 5.41) is 6.20. The molecule has 1 heterocycles. The van der Waals surface area contributed by atoms with Crippen molar-refractivity contribution in [1.82, 2.24) is 5.01 Å². The highest BCUT2D eigenvalue weighted by Gasteiger charge is 2.35. The highest BCUT2D eigenvalue weighted by atomic mass is 35.5. The molecule has 0 aliphatic carbocycles. The molecule has 0 saturated carbocycles. The summed E-state index contributed by atoms with van der Waals surface area (Å²) in [6.07, 6.45) is -0.742. The van der Waals surface area contributed by atoms with Gasteiger partial charge in [-0.15, -0.1) is 5.10 Å². The largest absolute Gasteiger partial charge is 0.497 e. The number of hydrogen-bond donors (Lipinski definition) is 0. The number of nitrogens with zero attached hydrogens (tertiary/aromatic N) is 2. The zero-order chi connectivity index (χ0) is 18.0. The van der Waals surface area contributed by atoms with E-state index in [2.05, 4.69) is 5.10 Å². The molecular formula is C18H17ClN2O4. The molecule has 1 amide bonds. The van der Waals surface area contributed by atoms with E-state index in [1.807, 2.05) is 0 Å². The Balaban J connectivity index is 2.00. The molecule has 1 aliphatic heterocycles. The van der Waals surface area contributed by atoms with Crippen LogP contribution < -0.4 is 9.47 Å². The Labute approximate surface area is 150 Å². The van der Waals surface area contributed by atoms with Gasteiger partial charge in [0, 0.05) is 17.5 Å². The van der Waals surface area contributed by atoms with Crippen molar-refractivity contribution in [3.05, 3.63) is 58.6 Å². The Morgan fingerprint density at radius 2 is 1.88 bits per heavy atom. The summed E-state index contributed by atoms with van der Waals surface area (Å²) < 4.78 is 16.6. The van der Waals surface area contributed by atoms with Crippen molar-refractivity contribution in [1.29, 1.82) is 0 Å². The number of halogens is 1. The van der Waals surface area contributed by atoms with Crippen LogP contribution in [0.3, 0.4) is 0 Å². The molecule has 0 fully saturated rings. The summed E-state index contributed by atoms with van der Waals surface area (Å²) in [5.74, 6) is 1.29. The molecule has 1 aliphatic rings. The average Bonchev–Trinajstić information content (AvgIpc) is 3.07. The second kappa shape index (κ2) is 7.03. The van der Waals surface area contributed by atoms with Gasteiger partial charge in [0.05, 0.1) is 19.8 Å². The maximum Gasteiger partial charge on any atom is 0.243 e. The van der Waals surface area contributed by atoms with Crippen LogP contribution in [0.5, 0.6) is 11.5 Å². The second-order valence-electron chi connectivity index (χ2n) is 5.35. The predicted molar refractivity (Wildman–Crippen MR) is 93.9 cm³/mol. The summed E-state index contributed by atoms with van der Waals surface area (Å²) in [7, 11) is 3.12. The normalized spacial score (nSPS) is 16.2. The average molecular weight is 361 g/mol. The van der Waals surface area contributed by atoms with Crippen LogP contribution in [-0.4, -0.2) is 31.0 Å². The molecule has 25 heavy (non-hydrogen) atoms.